The summed E-state index contributed by atoms with van der Waals surface area (Å²) in [7, 11) is 2.24. The molecule has 1 unspecified atom stereocenters. The van der Waals surface area contributed by atoms with Gasteiger partial charge in [-0.2, -0.15) is 0 Å². The summed E-state index contributed by atoms with van der Waals surface area (Å²) in [4.78, 5) is 5.16. The Bertz CT molecular complexity index is 240. The van der Waals surface area contributed by atoms with Crippen LogP contribution in [0.4, 0.5) is 0 Å². The lowest BCUT2D eigenvalue weighted by Crippen LogP contribution is -2.54. The second kappa shape index (κ2) is 7.61. The molecule has 1 aliphatic carbocycles. The van der Waals surface area contributed by atoms with Gasteiger partial charge < -0.3 is 10.2 Å². The van der Waals surface area contributed by atoms with E-state index < -0.39 is 0 Å². The monoisotopic (exact) mass is 267 g/mol. The predicted octanol–water partition coefficient (Wildman–Crippen LogP) is 2.18. The Morgan fingerprint density at radius 2 is 1.63 bits per heavy atom. The second-order valence-corrected chi connectivity index (χ2v) is 6.89. The standard InChI is InChI=1S/C16H33N3/c1-14(2)16(19-11-9-18(3)10-12-19)13-17-15-7-5-4-6-8-15/h14-17H,4-13H2,1-3H3. The van der Waals surface area contributed by atoms with Gasteiger partial charge in [-0.3, -0.25) is 4.90 Å². The summed E-state index contributed by atoms with van der Waals surface area (Å²) in [6.07, 6.45) is 7.10. The Labute approximate surface area is 119 Å². The van der Waals surface area contributed by atoms with E-state index in [0.717, 1.165) is 18.0 Å². The minimum Gasteiger partial charge on any atom is -0.312 e. The zero-order valence-corrected chi connectivity index (χ0v) is 13.2. The molecular formula is C16H33N3. The quantitative estimate of drug-likeness (QED) is 0.824. The maximum atomic E-state index is 3.86. The van der Waals surface area contributed by atoms with Gasteiger partial charge >= 0.3 is 0 Å². The minimum absolute atomic E-state index is 0.718. The number of nitrogens with zero attached hydrogens (tertiary/aromatic N) is 2. The fraction of sp³-hybridized carbons (Fsp3) is 1.00. The number of hydrogen-bond donors (Lipinski definition) is 1. The van der Waals surface area contributed by atoms with E-state index >= 15 is 0 Å². The number of hydrogen-bond acceptors (Lipinski definition) is 3. The molecule has 3 heteroatoms. The van der Waals surface area contributed by atoms with Crippen molar-refractivity contribution in [3.63, 3.8) is 0 Å². The van der Waals surface area contributed by atoms with Crippen LogP contribution >= 0.6 is 0 Å². The molecule has 2 aliphatic rings. The predicted molar refractivity (Wildman–Crippen MR) is 82.6 cm³/mol. The van der Waals surface area contributed by atoms with Gasteiger partial charge in [0.05, 0.1) is 0 Å². The molecule has 3 nitrogen and oxygen atoms in total. The van der Waals surface area contributed by atoms with Crippen LogP contribution in [0.2, 0.25) is 0 Å². The topological polar surface area (TPSA) is 18.5 Å². The molecule has 1 N–H and O–H groups in total. The molecule has 0 radical (unpaired) electrons. The normalized spacial score (nSPS) is 25.9. The van der Waals surface area contributed by atoms with Crippen molar-refractivity contribution in [1.29, 1.82) is 0 Å². The molecule has 112 valence electrons. The van der Waals surface area contributed by atoms with Gasteiger partial charge in [0.2, 0.25) is 0 Å². The van der Waals surface area contributed by atoms with Crippen LogP contribution in [-0.2, 0) is 0 Å². The van der Waals surface area contributed by atoms with Crippen LogP contribution in [0, 0.1) is 5.92 Å². The fourth-order valence-corrected chi connectivity index (χ4v) is 3.53. The van der Waals surface area contributed by atoms with Crippen molar-refractivity contribution >= 4 is 0 Å². The molecule has 2 rings (SSSR count). The van der Waals surface area contributed by atoms with Gasteiger partial charge in [-0.15, -0.1) is 0 Å². The Balaban J connectivity index is 1.78. The van der Waals surface area contributed by atoms with Crippen LogP contribution in [0.3, 0.4) is 0 Å². The molecular weight excluding hydrogens is 234 g/mol. The van der Waals surface area contributed by atoms with Crippen molar-refractivity contribution in [2.24, 2.45) is 5.92 Å². The van der Waals surface area contributed by atoms with E-state index in [4.69, 9.17) is 0 Å². The lowest BCUT2D eigenvalue weighted by molar-refractivity contribution is 0.0850. The van der Waals surface area contributed by atoms with Crippen LogP contribution in [0.25, 0.3) is 0 Å². The zero-order chi connectivity index (χ0) is 13.7. The zero-order valence-electron chi connectivity index (χ0n) is 13.2. The van der Waals surface area contributed by atoms with Crippen molar-refractivity contribution in [2.45, 2.75) is 58.0 Å². The van der Waals surface area contributed by atoms with E-state index in [-0.39, 0.29) is 0 Å². The molecule has 0 aromatic heterocycles. The Morgan fingerprint density at radius 1 is 1.00 bits per heavy atom. The van der Waals surface area contributed by atoms with Gasteiger partial charge in [0.1, 0.15) is 0 Å². The summed E-state index contributed by atoms with van der Waals surface area (Å²) in [5.41, 5.74) is 0. The molecule has 0 amide bonds. The highest BCUT2D eigenvalue weighted by molar-refractivity contribution is 4.83. The lowest BCUT2D eigenvalue weighted by Gasteiger charge is -2.40. The SMILES string of the molecule is CC(C)C(CNC1CCCCC1)N1CCN(C)CC1. The van der Waals surface area contributed by atoms with E-state index in [1.807, 2.05) is 0 Å². The van der Waals surface area contributed by atoms with E-state index in [0.29, 0.717) is 0 Å². The Hall–Kier alpha value is -0.120. The molecule has 2 fully saturated rings. The Morgan fingerprint density at radius 3 is 2.21 bits per heavy atom. The van der Waals surface area contributed by atoms with Crippen molar-refractivity contribution in [2.75, 3.05) is 39.8 Å². The third kappa shape index (κ3) is 4.73. The lowest BCUT2D eigenvalue weighted by atomic mass is 9.94. The van der Waals surface area contributed by atoms with Crippen LogP contribution in [0.1, 0.15) is 46.0 Å². The van der Waals surface area contributed by atoms with Gasteiger partial charge in [-0.25, -0.2) is 0 Å². The third-order valence-electron chi connectivity index (χ3n) is 5.00. The van der Waals surface area contributed by atoms with E-state index in [1.165, 1.54) is 64.8 Å². The van der Waals surface area contributed by atoms with Gasteiger partial charge in [0.15, 0.2) is 0 Å². The van der Waals surface area contributed by atoms with Crippen molar-refractivity contribution in [3.8, 4) is 0 Å². The Kier molecular flexibility index (Phi) is 6.11. The molecule has 1 atom stereocenters. The first kappa shape index (κ1) is 15.3. The molecule has 1 heterocycles. The van der Waals surface area contributed by atoms with Gasteiger partial charge in [-0.1, -0.05) is 33.1 Å². The highest BCUT2D eigenvalue weighted by Gasteiger charge is 2.25. The van der Waals surface area contributed by atoms with Crippen molar-refractivity contribution in [1.82, 2.24) is 15.1 Å². The summed E-state index contributed by atoms with van der Waals surface area (Å²) in [6, 6.07) is 1.51. The third-order valence-corrected chi connectivity index (χ3v) is 5.00. The van der Waals surface area contributed by atoms with Crippen LogP contribution < -0.4 is 5.32 Å². The van der Waals surface area contributed by atoms with E-state index in [2.05, 4.69) is 36.0 Å². The fourth-order valence-electron chi connectivity index (χ4n) is 3.53. The average molecular weight is 267 g/mol. The van der Waals surface area contributed by atoms with E-state index in [1.54, 1.807) is 0 Å². The number of piperazine rings is 1. The summed E-state index contributed by atoms with van der Waals surface area (Å²) < 4.78 is 0. The molecule has 19 heavy (non-hydrogen) atoms. The van der Waals surface area contributed by atoms with Crippen molar-refractivity contribution in [3.05, 3.63) is 0 Å². The maximum absolute atomic E-state index is 3.86. The summed E-state index contributed by atoms with van der Waals surface area (Å²) >= 11 is 0. The number of rotatable bonds is 5. The molecule has 1 saturated heterocycles. The minimum atomic E-state index is 0.718. The summed E-state index contributed by atoms with van der Waals surface area (Å²) in [6.45, 7) is 10.9. The first-order chi connectivity index (χ1) is 9.16. The highest BCUT2D eigenvalue weighted by atomic mass is 15.3. The highest BCUT2D eigenvalue weighted by Crippen LogP contribution is 2.19. The van der Waals surface area contributed by atoms with Crippen LogP contribution in [-0.4, -0.2) is 61.7 Å². The molecule has 1 aliphatic heterocycles. The number of nitrogens with one attached hydrogen (secondary N) is 1. The van der Waals surface area contributed by atoms with Gasteiger partial charge in [-0.05, 0) is 25.8 Å². The number of likely N-dealkylation sites (N-methyl/N-ethyl adjacent to an activating group) is 1. The van der Waals surface area contributed by atoms with Gasteiger partial charge in [0, 0.05) is 44.8 Å². The van der Waals surface area contributed by atoms with Crippen LogP contribution in [0.5, 0.6) is 0 Å². The van der Waals surface area contributed by atoms with Gasteiger partial charge in [0.25, 0.3) is 0 Å². The second-order valence-electron chi connectivity index (χ2n) is 6.89. The van der Waals surface area contributed by atoms with Crippen LogP contribution in [0.15, 0.2) is 0 Å². The molecule has 1 saturated carbocycles. The maximum Gasteiger partial charge on any atom is 0.0244 e. The molecule has 0 aromatic carbocycles. The summed E-state index contributed by atoms with van der Waals surface area (Å²) in [5.74, 6) is 0.750. The smallest absolute Gasteiger partial charge is 0.0244 e. The average Bonchev–Trinajstić information content (AvgIpc) is 2.42. The summed E-state index contributed by atoms with van der Waals surface area (Å²) in [5, 5.41) is 3.86. The van der Waals surface area contributed by atoms with E-state index in [9.17, 15) is 0 Å². The molecule has 0 bridgehead atoms. The molecule has 0 spiro atoms. The largest absolute Gasteiger partial charge is 0.312 e. The first-order valence-corrected chi connectivity index (χ1v) is 8.33. The van der Waals surface area contributed by atoms with Crippen molar-refractivity contribution < 1.29 is 0 Å². The molecule has 0 aromatic rings. The first-order valence-electron chi connectivity index (χ1n) is 8.33.